The molecule has 1 aliphatic rings. The van der Waals surface area contributed by atoms with Crippen molar-refractivity contribution in [1.29, 1.82) is 0 Å². The molecule has 1 aliphatic heterocycles. The lowest BCUT2D eigenvalue weighted by atomic mass is 10.4. The first-order chi connectivity index (χ1) is 4.97. The molecule has 0 N–H and O–H groups in total. The minimum atomic E-state index is 0.734. The van der Waals surface area contributed by atoms with Gasteiger partial charge < -0.3 is 9.42 Å². The van der Waals surface area contributed by atoms with Crippen LogP contribution in [0.1, 0.15) is 12.8 Å². The van der Waals surface area contributed by atoms with E-state index in [4.69, 9.17) is 0 Å². The van der Waals surface area contributed by atoms with E-state index < -0.39 is 0 Å². The van der Waals surface area contributed by atoms with Crippen molar-refractivity contribution < 1.29 is 4.52 Å². The zero-order chi connectivity index (χ0) is 6.81. The highest BCUT2D eigenvalue weighted by Crippen LogP contribution is 2.13. The minimum Gasteiger partial charge on any atom is -0.341 e. The molecule has 0 saturated carbocycles. The van der Waals surface area contributed by atoms with E-state index in [1.165, 1.54) is 19.2 Å². The molecular formula is C6H9N3O. The van der Waals surface area contributed by atoms with Crippen LogP contribution in [0.5, 0.6) is 0 Å². The average molecular weight is 139 g/mol. The van der Waals surface area contributed by atoms with Gasteiger partial charge >= 0.3 is 0 Å². The molecule has 1 aromatic rings. The number of nitrogens with zero attached hydrogens (tertiary/aromatic N) is 3. The molecule has 54 valence electrons. The van der Waals surface area contributed by atoms with Crippen molar-refractivity contribution in [3.63, 3.8) is 0 Å². The summed E-state index contributed by atoms with van der Waals surface area (Å²) in [5.74, 6) is 0.734. The minimum absolute atomic E-state index is 0.734. The van der Waals surface area contributed by atoms with Gasteiger partial charge in [-0.3, -0.25) is 0 Å². The third-order valence-electron chi connectivity index (χ3n) is 1.74. The zero-order valence-corrected chi connectivity index (χ0v) is 5.66. The van der Waals surface area contributed by atoms with E-state index in [1.54, 1.807) is 0 Å². The first-order valence-corrected chi connectivity index (χ1v) is 3.48. The molecule has 1 saturated heterocycles. The van der Waals surface area contributed by atoms with Crippen LogP contribution in [-0.4, -0.2) is 23.2 Å². The summed E-state index contributed by atoms with van der Waals surface area (Å²) in [7, 11) is 0. The molecule has 0 bridgehead atoms. The molecule has 2 heterocycles. The molecule has 0 atom stereocenters. The van der Waals surface area contributed by atoms with E-state index in [-0.39, 0.29) is 0 Å². The maximum atomic E-state index is 4.62. The van der Waals surface area contributed by atoms with Gasteiger partial charge in [0.2, 0.25) is 6.39 Å². The summed E-state index contributed by atoms with van der Waals surface area (Å²) >= 11 is 0. The van der Waals surface area contributed by atoms with Crippen LogP contribution in [-0.2, 0) is 0 Å². The molecular weight excluding hydrogens is 130 g/mol. The van der Waals surface area contributed by atoms with E-state index in [0.29, 0.717) is 0 Å². The number of aromatic nitrogens is 2. The fourth-order valence-electron chi connectivity index (χ4n) is 1.22. The van der Waals surface area contributed by atoms with Crippen LogP contribution in [0.2, 0.25) is 0 Å². The Morgan fingerprint density at radius 3 is 2.80 bits per heavy atom. The van der Waals surface area contributed by atoms with Crippen molar-refractivity contribution in [3.05, 3.63) is 6.39 Å². The van der Waals surface area contributed by atoms with Gasteiger partial charge in [0.25, 0.3) is 5.95 Å². The highest BCUT2D eigenvalue weighted by Gasteiger charge is 2.14. The summed E-state index contributed by atoms with van der Waals surface area (Å²) in [6.07, 6.45) is 3.86. The zero-order valence-electron chi connectivity index (χ0n) is 5.66. The van der Waals surface area contributed by atoms with E-state index in [1.807, 2.05) is 0 Å². The summed E-state index contributed by atoms with van der Waals surface area (Å²) in [4.78, 5) is 6.07. The van der Waals surface area contributed by atoms with Gasteiger partial charge in [-0.05, 0) is 18.0 Å². The molecule has 10 heavy (non-hydrogen) atoms. The third kappa shape index (κ3) is 0.853. The van der Waals surface area contributed by atoms with Gasteiger partial charge in [-0.1, -0.05) is 0 Å². The average Bonchev–Trinajstić information content (AvgIpc) is 2.59. The number of anilines is 1. The number of hydrogen-bond acceptors (Lipinski definition) is 4. The smallest absolute Gasteiger partial charge is 0.265 e. The van der Waals surface area contributed by atoms with Crippen LogP contribution >= 0.6 is 0 Å². The van der Waals surface area contributed by atoms with E-state index in [0.717, 1.165) is 19.0 Å². The second-order valence-electron chi connectivity index (χ2n) is 2.43. The molecule has 4 heteroatoms. The second kappa shape index (κ2) is 2.28. The van der Waals surface area contributed by atoms with Gasteiger partial charge in [0.05, 0.1) is 0 Å². The first kappa shape index (κ1) is 5.70. The van der Waals surface area contributed by atoms with Gasteiger partial charge in [0.1, 0.15) is 0 Å². The molecule has 0 aliphatic carbocycles. The SMILES string of the molecule is c1nc(N2CCCC2)no1. The molecule has 0 radical (unpaired) electrons. The standard InChI is InChI=1S/C6H9N3O/c1-2-4-9(3-1)6-7-5-10-8-6/h5H,1-4H2. The quantitative estimate of drug-likeness (QED) is 0.573. The van der Waals surface area contributed by atoms with Gasteiger partial charge in [0.15, 0.2) is 0 Å². The Hall–Kier alpha value is -1.06. The predicted octanol–water partition coefficient (Wildman–Crippen LogP) is 0.670. The summed E-state index contributed by atoms with van der Waals surface area (Å²) in [6.45, 7) is 2.14. The Balaban J connectivity index is 2.12. The normalized spacial score (nSPS) is 18.2. The molecule has 0 spiro atoms. The molecule has 0 unspecified atom stereocenters. The van der Waals surface area contributed by atoms with Crippen LogP contribution in [0.15, 0.2) is 10.9 Å². The van der Waals surface area contributed by atoms with Crippen LogP contribution < -0.4 is 4.90 Å². The van der Waals surface area contributed by atoms with Crippen molar-refractivity contribution in [1.82, 2.24) is 10.1 Å². The molecule has 1 fully saturated rings. The van der Waals surface area contributed by atoms with Crippen LogP contribution in [0.4, 0.5) is 5.95 Å². The number of rotatable bonds is 1. The molecule has 4 nitrogen and oxygen atoms in total. The maximum Gasteiger partial charge on any atom is 0.265 e. The Morgan fingerprint density at radius 2 is 2.20 bits per heavy atom. The van der Waals surface area contributed by atoms with Crippen LogP contribution in [0, 0.1) is 0 Å². The largest absolute Gasteiger partial charge is 0.341 e. The van der Waals surface area contributed by atoms with Gasteiger partial charge in [-0.25, -0.2) is 0 Å². The monoisotopic (exact) mass is 139 g/mol. The summed E-state index contributed by atoms with van der Waals surface area (Å²) < 4.78 is 4.62. The summed E-state index contributed by atoms with van der Waals surface area (Å²) in [6, 6.07) is 0. The van der Waals surface area contributed by atoms with Gasteiger partial charge in [0, 0.05) is 13.1 Å². The van der Waals surface area contributed by atoms with Gasteiger partial charge in [-0.15, -0.1) is 0 Å². The van der Waals surface area contributed by atoms with E-state index in [2.05, 4.69) is 19.6 Å². The third-order valence-corrected chi connectivity index (χ3v) is 1.74. The summed E-state index contributed by atoms with van der Waals surface area (Å²) in [5, 5.41) is 3.74. The van der Waals surface area contributed by atoms with Crippen molar-refractivity contribution in [2.45, 2.75) is 12.8 Å². The number of hydrogen-bond donors (Lipinski definition) is 0. The predicted molar refractivity (Wildman–Crippen MR) is 35.7 cm³/mol. The maximum absolute atomic E-state index is 4.62. The van der Waals surface area contributed by atoms with E-state index in [9.17, 15) is 0 Å². The second-order valence-corrected chi connectivity index (χ2v) is 2.43. The highest BCUT2D eigenvalue weighted by atomic mass is 16.5. The molecule has 0 amide bonds. The van der Waals surface area contributed by atoms with Crippen LogP contribution in [0.3, 0.4) is 0 Å². The first-order valence-electron chi connectivity index (χ1n) is 3.48. The van der Waals surface area contributed by atoms with Crippen molar-refractivity contribution in [2.24, 2.45) is 0 Å². The molecule has 1 aromatic heterocycles. The Kier molecular flexibility index (Phi) is 1.30. The Morgan fingerprint density at radius 1 is 1.40 bits per heavy atom. The fraction of sp³-hybridized carbons (Fsp3) is 0.667. The lowest BCUT2D eigenvalue weighted by Gasteiger charge is -2.09. The van der Waals surface area contributed by atoms with Crippen molar-refractivity contribution >= 4 is 5.95 Å². The van der Waals surface area contributed by atoms with Crippen molar-refractivity contribution in [2.75, 3.05) is 18.0 Å². The Labute approximate surface area is 58.8 Å². The van der Waals surface area contributed by atoms with E-state index >= 15 is 0 Å². The topological polar surface area (TPSA) is 42.2 Å². The molecule has 2 rings (SSSR count). The van der Waals surface area contributed by atoms with Crippen molar-refractivity contribution in [3.8, 4) is 0 Å². The Bertz CT molecular complexity index is 191. The van der Waals surface area contributed by atoms with Crippen LogP contribution in [0.25, 0.3) is 0 Å². The lowest BCUT2D eigenvalue weighted by Crippen LogP contribution is -2.18. The van der Waals surface area contributed by atoms with Gasteiger partial charge in [-0.2, -0.15) is 4.98 Å². The summed E-state index contributed by atoms with van der Waals surface area (Å²) in [5.41, 5.74) is 0. The lowest BCUT2D eigenvalue weighted by molar-refractivity contribution is 0.417. The molecule has 0 aromatic carbocycles. The highest BCUT2D eigenvalue weighted by molar-refractivity contribution is 5.27. The fourth-order valence-corrected chi connectivity index (χ4v) is 1.22.